The number of ketones is 1. The number of carbonyl (C=O) groups is 2. The number of Topliss-reactive ketones (excluding diaryl/α,β-unsaturated/α-hetero) is 1. The van der Waals surface area contributed by atoms with Gasteiger partial charge in [-0.1, -0.05) is 13.8 Å². The lowest BCUT2D eigenvalue weighted by Gasteiger charge is -2.41. The van der Waals surface area contributed by atoms with Gasteiger partial charge in [-0.15, -0.1) is 0 Å². The summed E-state index contributed by atoms with van der Waals surface area (Å²) in [5, 5.41) is 0. The third kappa shape index (κ3) is 9.13. The lowest BCUT2D eigenvalue weighted by atomic mass is 9.83. The Morgan fingerprint density at radius 1 is 1.09 bits per heavy atom. The second-order valence-corrected chi connectivity index (χ2v) is 9.02. The standard InChI is InChI=1S/C11H21NO2.C10H17NO.2CO2/c1-4-11(2)7-5-8-12(11)9-6-10(13)14-3;1-8-7-11-5-3-4-10(11,2)6-9(8)12;2*2-1-3/h4-9H2,1-3H3;8H,3-7H2,1-2H3;;. The molecule has 3 heterocycles. The lowest BCUT2D eigenvalue weighted by Crippen LogP contribution is -2.51. The van der Waals surface area contributed by atoms with Crippen LogP contribution in [0.2, 0.25) is 0 Å². The van der Waals surface area contributed by atoms with Crippen molar-refractivity contribution in [2.24, 2.45) is 5.92 Å². The van der Waals surface area contributed by atoms with Gasteiger partial charge in [0.05, 0.1) is 13.5 Å². The normalized spacial score (nSPS) is 28.9. The maximum Gasteiger partial charge on any atom is 0.373 e. The van der Waals surface area contributed by atoms with Crippen molar-refractivity contribution in [3.63, 3.8) is 0 Å². The Balaban J connectivity index is 0.000000485. The van der Waals surface area contributed by atoms with Gasteiger partial charge >= 0.3 is 18.3 Å². The van der Waals surface area contributed by atoms with Crippen LogP contribution in [0.15, 0.2) is 0 Å². The number of nitrogens with zero attached hydrogens (tertiary/aromatic N) is 2. The maximum atomic E-state index is 11.5. The van der Waals surface area contributed by atoms with Crippen LogP contribution in [-0.4, -0.2) is 78.2 Å². The van der Waals surface area contributed by atoms with E-state index in [1.54, 1.807) is 0 Å². The molecule has 9 nitrogen and oxygen atoms in total. The summed E-state index contributed by atoms with van der Waals surface area (Å²) >= 11 is 0. The van der Waals surface area contributed by atoms with E-state index in [4.69, 9.17) is 19.2 Å². The predicted octanol–water partition coefficient (Wildman–Crippen LogP) is 2.10. The minimum atomic E-state index is -0.102. The molecule has 3 saturated heterocycles. The summed E-state index contributed by atoms with van der Waals surface area (Å²) in [6.07, 6.45) is 7.96. The molecule has 182 valence electrons. The van der Waals surface area contributed by atoms with Gasteiger partial charge in [0.2, 0.25) is 0 Å². The Kier molecular flexibility index (Phi) is 13.8. The van der Waals surface area contributed by atoms with E-state index in [-0.39, 0.29) is 29.7 Å². The Hall–Kier alpha value is -2.18. The van der Waals surface area contributed by atoms with Crippen molar-refractivity contribution in [2.75, 3.05) is 33.3 Å². The van der Waals surface area contributed by atoms with E-state index in [0.29, 0.717) is 17.7 Å². The average molecular weight is 455 g/mol. The van der Waals surface area contributed by atoms with Crippen LogP contribution in [0.1, 0.15) is 72.6 Å². The van der Waals surface area contributed by atoms with Crippen molar-refractivity contribution < 1.29 is 33.5 Å². The Morgan fingerprint density at radius 3 is 2.19 bits per heavy atom. The molecule has 0 saturated carbocycles. The van der Waals surface area contributed by atoms with Gasteiger partial charge in [0.25, 0.3) is 0 Å². The fourth-order valence-corrected chi connectivity index (χ4v) is 4.76. The second kappa shape index (κ2) is 14.8. The molecule has 0 aromatic carbocycles. The fourth-order valence-electron chi connectivity index (χ4n) is 4.76. The highest BCUT2D eigenvalue weighted by Gasteiger charge is 2.43. The number of hydrogen-bond donors (Lipinski definition) is 0. The highest BCUT2D eigenvalue weighted by Crippen LogP contribution is 2.37. The van der Waals surface area contributed by atoms with Crippen LogP contribution >= 0.6 is 0 Å². The van der Waals surface area contributed by atoms with Crippen molar-refractivity contribution in [1.29, 1.82) is 0 Å². The Bertz CT molecular complexity index is 659. The molecule has 3 fully saturated rings. The van der Waals surface area contributed by atoms with Crippen LogP contribution in [0.3, 0.4) is 0 Å². The number of rotatable bonds is 4. The SMILES string of the molecule is CC1CN2CCCC2(C)CC1=O.CCC1(C)CCCN1CCC(=O)OC.O=C=O.O=C=O. The molecular weight excluding hydrogens is 416 g/mol. The number of carbonyl (C=O) groups excluding carboxylic acids is 6. The molecule has 0 amide bonds. The van der Waals surface area contributed by atoms with Gasteiger partial charge < -0.3 is 4.74 Å². The maximum absolute atomic E-state index is 11.5. The topological polar surface area (TPSA) is 118 Å². The van der Waals surface area contributed by atoms with E-state index in [1.807, 2.05) is 0 Å². The summed E-state index contributed by atoms with van der Waals surface area (Å²) in [5.74, 6) is 0.641. The minimum Gasteiger partial charge on any atom is -0.469 e. The minimum absolute atomic E-state index is 0.102. The van der Waals surface area contributed by atoms with Crippen LogP contribution in [0.25, 0.3) is 0 Å². The van der Waals surface area contributed by atoms with Gasteiger partial charge in [-0.25, -0.2) is 0 Å². The summed E-state index contributed by atoms with van der Waals surface area (Å²) in [4.78, 5) is 60.0. The van der Waals surface area contributed by atoms with Crippen LogP contribution < -0.4 is 0 Å². The van der Waals surface area contributed by atoms with E-state index in [1.165, 1.54) is 39.3 Å². The average Bonchev–Trinajstić information content (AvgIpc) is 3.30. The number of likely N-dealkylation sites (tertiary alicyclic amines) is 1. The first-order valence-electron chi connectivity index (χ1n) is 11.2. The van der Waals surface area contributed by atoms with Gasteiger partial charge in [0, 0.05) is 36.5 Å². The van der Waals surface area contributed by atoms with E-state index in [9.17, 15) is 9.59 Å². The zero-order valence-corrected chi connectivity index (χ0v) is 20.1. The first kappa shape index (κ1) is 29.8. The molecule has 0 aromatic heterocycles. The van der Waals surface area contributed by atoms with Crippen LogP contribution in [0, 0.1) is 5.92 Å². The summed E-state index contributed by atoms with van der Waals surface area (Å²) in [7, 11) is 1.45. The quantitative estimate of drug-likeness (QED) is 0.588. The molecule has 3 rings (SSSR count). The number of esters is 1. The molecule has 3 atom stereocenters. The summed E-state index contributed by atoms with van der Waals surface area (Å²) < 4.78 is 4.65. The van der Waals surface area contributed by atoms with E-state index in [0.717, 1.165) is 32.5 Å². The lowest BCUT2D eigenvalue weighted by molar-refractivity contribution is -0.193. The Labute approximate surface area is 190 Å². The molecule has 0 radical (unpaired) electrons. The Morgan fingerprint density at radius 2 is 1.66 bits per heavy atom. The molecule has 0 bridgehead atoms. The molecule has 9 heteroatoms. The van der Waals surface area contributed by atoms with Crippen LogP contribution in [0.5, 0.6) is 0 Å². The molecular formula is C23H38N2O7. The summed E-state index contributed by atoms with van der Waals surface area (Å²) in [6, 6.07) is 0. The summed E-state index contributed by atoms with van der Waals surface area (Å²) in [5.41, 5.74) is 0.539. The molecule has 3 aliphatic rings. The van der Waals surface area contributed by atoms with Gasteiger partial charge in [-0.2, -0.15) is 19.2 Å². The third-order valence-corrected chi connectivity index (χ3v) is 6.99. The fraction of sp³-hybridized carbons (Fsp3) is 0.826. The largest absolute Gasteiger partial charge is 0.469 e. The smallest absolute Gasteiger partial charge is 0.373 e. The van der Waals surface area contributed by atoms with E-state index >= 15 is 0 Å². The first-order valence-corrected chi connectivity index (χ1v) is 11.2. The molecule has 32 heavy (non-hydrogen) atoms. The molecule has 0 N–H and O–H groups in total. The first-order chi connectivity index (χ1) is 15.1. The van der Waals surface area contributed by atoms with Crippen molar-refractivity contribution in [3.8, 4) is 0 Å². The monoisotopic (exact) mass is 454 g/mol. The van der Waals surface area contributed by atoms with Gasteiger partial charge in [0.15, 0.2) is 0 Å². The molecule has 0 aromatic rings. The number of piperidine rings is 1. The number of hydrogen-bond acceptors (Lipinski definition) is 9. The predicted molar refractivity (Wildman–Crippen MR) is 114 cm³/mol. The number of ether oxygens (including phenoxy) is 1. The molecule has 3 aliphatic heterocycles. The van der Waals surface area contributed by atoms with Crippen molar-refractivity contribution in [2.45, 2.75) is 83.7 Å². The molecule has 3 unspecified atom stereocenters. The van der Waals surface area contributed by atoms with Crippen molar-refractivity contribution in [1.82, 2.24) is 9.80 Å². The van der Waals surface area contributed by atoms with Gasteiger partial charge in [0.1, 0.15) is 5.78 Å². The number of fused-ring (bicyclic) bond motifs is 1. The zero-order valence-electron chi connectivity index (χ0n) is 20.1. The van der Waals surface area contributed by atoms with E-state index in [2.05, 4.69) is 42.2 Å². The number of methoxy groups -OCH3 is 1. The second-order valence-electron chi connectivity index (χ2n) is 9.02. The van der Waals surface area contributed by atoms with Gasteiger partial charge in [-0.05, 0) is 59.0 Å². The molecule has 0 aliphatic carbocycles. The third-order valence-electron chi connectivity index (χ3n) is 6.99. The highest BCUT2D eigenvalue weighted by molar-refractivity contribution is 5.83. The van der Waals surface area contributed by atoms with E-state index < -0.39 is 0 Å². The van der Waals surface area contributed by atoms with Crippen molar-refractivity contribution >= 4 is 24.1 Å². The van der Waals surface area contributed by atoms with Crippen LogP contribution in [0.4, 0.5) is 0 Å². The van der Waals surface area contributed by atoms with Crippen LogP contribution in [-0.2, 0) is 33.5 Å². The summed E-state index contributed by atoms with van der Waals surface area (Å²) in [6.45, 7) is 13.0. The molecule has 0 spiro atoms. The van der Waals surface area contributed by atoms with Crippen molar-refractivity contribution in [3.05, 3.63) is 0 Å². The zero-order chi connectivity index (χ0) is 24.8. The highest BCUT2D eigenvalue weighted by atomic mass is 16.5. The van der Waals surface area contributed by atoms with Gasteiger partial charge in [-0.3, -0.25) is 19.4 Å².